The molecular weight excluding hydrogens is 236 g/mol. The first-order chi connectivity index (χ1) is 7.83. The minimum atomic E-state index is -3.05. The second kappa shape index (κ2) is 6.16. The number of sulfonamides is 1. The summed E-state index contributed by atoms with van der Waals surface area (Å²) in [7, 11) is 0.114. The van der Waals surface area contributed by atoms with Crippen molar-refractivity contribution in [2.45, 2.75) is 39.2 Å². The lowest BCUT2D eigenvalue weighted by atomic mass is 9.79. The molecule has 0 spiro atoms. The smallest absolute Gasteiger partial charge is 0.214 e. The third-order valence-electron chi connectivity index (χ3n) is 3.95. The van der Waals surface area contributed by atoms with Crippen molar-refractivity contribution >= 4 is 10.0 Å². The van der Waals surface area contributed by atoms with Gasteiger partial charge < -0.3 is 5.32 Å². The van der Waals surface area contributed by atoms with Crippen LogP contribution in [0.1, 0.15) is 33.1 Å². The summed E-state index contributed by atoms with van der Waals surface area (Å²) in [6, 6.07) is 0.499. The molecule has 1 saturated carbocycles. The summed E-state index contributed by atoms with van der Waals surface area (Å²) in [5.74, 6) is 1.74. The van der Waals surface area contributed by atoms with E-state index in [2.05, 4.69) is 19.2 Å². The fourth-order valence-electron chi connectivity index (χ4n) is 2.31. The highest BCUT2D eigenvalue weighted by molar-refractivity contribution is 7.89. The summed E-state index contributed by atoms with van der Waals surface area (Å²) in [5.41, 5.74) is 0. The molecule has 4 nitrogen and oxygen atoms in total. The fraction of sp³-hybridized carbons (Fsp3) is 1.00. The van der Waals surface area contributed by atoms with Crippen LogP contribution in [0.3, 0.4) is 0 Å². The van der Waals surface area contributed by atoms with Gasteiger partial charge in [-0.15, -0.1) is 0 Å². The molecular formula is C12H26N2O2S. The van der Waals surface area contributed by atoms with Gasteiger partial charge in [-0.05, 0) is 31.1 Å². The van der Waals surface area contributed by atoms with Crippen LogP contribution >= 0.6 is 0 Å². The fourth-order valence-corrected chi connectivity index (χ4v) is 3.05. The largest absolute Gasteiger partial charge is 0.313 e. The quantitative estimate of drug-likeness (QED) is 0.812. The monoisotopic (exact) mass is 262 g/mol. The van der Waals surface area contributed by atoms with E-state index in [0.29, 0.717) is 12.6 Å². The zero-order chi connectivity index (χ0) is 13.1. The molecule has 5 heteroatoms. The van der Waals surface area contributed by atoms with E-state index in [1.807, 2.05) is 0 Å². The van der Waals surface area contributed by atoms with Gasteiger partial charge in [-0.1, -0.05) is 13.8 Å². The summed E-state index contributed by atoms with van der Waals surface area (Å²) < 4.78 is 24.4. The van der Waals surface area contributed by atoms with E-state index in [1.165, 1.54) is 23.6 Å². The third-order valence-corrected chi connectivity index (χ3v) is 5.78. The summed E-state index contributed by atoms with van der Waals surface area (Å²) in [5, 5.41) is 3.38. The maximum atomic E-state index is 11.6. The molecule has 3 unspecified atom stereocenters. The van der Waals surface area contributed by atoms with Crippen molar-refractivity contribution < 1.29 is 8.42 Å². The van der Waals surface area contributed by atoms with Gasteiger partial charge in [0, 0.05) is 26.7 Å². The molecule has 0 aromatic carbocycles. The van der Waals surface area contributed by atoms with Crippen LogP contribution in [0.4, 0.5) is 0 Å². The van der Waals surface area contributed by atoms with E-state index in [9.17, 15) is 8.42 Å². The SMILES string of the molecule is CC1CCC(NCCS(=O)(=O)N(C)C)CC1C. The highest BCUT2D eigenvalue weighted by Gasteiger charge is 2.24. The van der Waals surface area contributed by atoms with Crippen LogP contribution in [0.2, 0.25) is 0 Å². The predicted octanol–water partition coefficient (Wildman–Crippen LogP) is 1.29. The Balaban J connectivity index is 2.28. The van der Waals surface area contributed by atoms with Gasteiger partial charge in [0.25, 0.3) is 0 Å². The number of nitrogens with zero attached hydrogens (tertiary/aromatic N) is 1. The van der Waals surface area contributed by atoms with E-state index in [-0.39, 0.29) is 5.75 Å². The maximum Gasteiger partial charge on any atom is 0.214 e. The van der Waals surface area contributed by atoms with Crippen LogP contribution in [-0.4, -0.2) is 45.2 Å². The van der Waals surface area contributed by atoms with Crippen molar-refractivity contribution in [3.63, 3.8) is 0 Å². The van der Waals surface area contributed by atoms with Crippen molar-refractivity contribution in [2.24, 2.45) is 11.8 Å². The van der Waals surface area contributed by atoms with Gasteiger partial charge in [0.1, 0.15) is 0 Å². The molecule has 3 atom stereocenters. The number of hydrogen-bond donors (Lipinski definition) is 1. The molecule has 1 aliphatic carbocycles. The maximum absolute atomic E-state index is 11.6. The molecule has 1 rings (SSSR count). The lowest BCUT2D eigenvalue weighted by Crippen LogP contribution is -2.40. The number of hydrogen-bond acceptors (Lipinski definition) is 3. The molecule has 0 aromatic heterocycles. The Labute approximate surface area is 106 Å². The van der Waals surface area contributed by atoms with Gasteiger partial charge in [0.2, 0.25) is 10.0 Å². The van der Waals surface area contributed by atoms with E-state index in [1.54, 1.807) is 14.1 Å². The first-order valence-electron chi connectivity index (χ1n) is 6.46. The molecule has 1 N–H and O–H groups in total. The van der Waals surface area contributed by atoms with Crippen LogP contribution in [-0.2, 0) is 10.0 Å². The van der Waals surface area contributed by atoms with E-state index < -0.39 is 10.0 Å². The zero-order valence-electron chi connectivity index (χ0n) is 11.4. The van der Waals surface area contributed by atoms with Gasteiger partial charge in [0.15, 0.2) is 0 Å². The van der Waals surface area contributed by atoms with E-state index in [4.69, 9.17) is 0 Å². The van der Waals surface area contributed by atoms with Crippen molar-refractivity contribution in [3.05, 3.63) is 0 Å². The third kappa shape index (κ3) is 4.56. The van der Waals surface area contributed by atoms with Gasteiger partial charge in [0.05, 0.1) is 5.75 Å². The molecule has 102 valence electrons. The van der Waals surface area contributed by atoms with Gasteiger partial charge >= 0.3 is 0 Å². The molecule has 0 aliphatic heterocycles. The minimum absolute atomic E-state index is 0.195. The second-order valence-electron chi connectivity index (χ2n) is 5.52. The minimum Gasteiger partial charge on any atom is -0.313 e. The number of nitrogens with one attached hydrogen (secondary N) is 1. The van der Waals surface area contributed by atoms with Gasteiger partial charge in [-0.3, -0.25) is 0 Å². The van der Waals surface area contributed by atoms with Crippen LogP contribution in [0.15, 0.2) is 0 Å². The first kappa shape index (κ1) is 14.9. The summed E-state index contributed by atoms with van der Waals surface area (Å²) in [6.07, 6.45) is 3.59. The molecule has 0 bridgehead atoms. The highest BCUT2D eigenvalue weighted by Crippen LogP contribution is 2.29. The average Bonchev–Trinajstić information content (AvgIpc) is 2.23. The predicted molar refractivity (Wildman–Crippen MR) is 71.4 cm³/mol. The Hall–Kier alpha value is -0.130. The van der Waals surface area contributed by atoms with Gasteiger partial charge in [-0.2, -0.15) is 0 Å². The van der Waals surface area contributed by atoms with Crippen molar-refractivity contribution in [3.8, 4) is 0 Å². The molecule has 0 heterocycles. The van der Waals surface area contributed by atoms with Gasteiger partial charge in [-0.25, -0.2) is 12.7 Å². The first-order valence-corrected chi connectivity index (χ1v) is 8.07. The molecule has 1 aliphatic rings. The zero-order valence-corrected chi connectivity index (χ0v) is 12.3. The molecule has 0 radical (unpaired) electrons. The molecule has 0 amide bonds. The summed E-state index contributed by atoms with van der Waals surface area (Å²) in [4.78, 5) is 0. The summed E-state index contributed by atoms with van der Waals surface area (Å²) in [6.45, 7) is 5.15. The Kier molecular flexibility index (Phi) is 5.41. The van der Waals surface area contributed by atoms with E-state index >= 15 is 0 Å². The number of rotatable bonds is 5. The molecule has 1 fully saturated rings. The average molecular weight is 262 g/mol. The molecule has 0 saturated heterocycles. The Morgan fingerprint density at radius 3 is 2.35 bits per heavy atom. The Morgan fingerprint density at radius 1 is 1.18 bits per heavy atom. The second-order valence-corrected chi connectivity index (χ2v) is 7.82. The van der Waals surface area contributed by atoms with Crippen molar-refractivity contribution in [1.82, 2.24) is 9.62 Å². The van der Waals surface area contributed by atoms with Crippen LogP contribution in [0.25, 0.3) is 0 Å². The van der Waals surface area contributed by atoms with Crippen molar-refractivity contribution in [2.75, 3.05) is 26.4 Å². The normalized spacial score (nSPS) is 30.8. The Morgan fingerprint density at radius 2 is 1.82 bits per heavy atom. The van der Waals surface area contributed by atoms with Crippen LogP contribution < -0.4 is 5.32 Å². The summed E-state index contributed by atoms with van der Waals surface area (Å²) >= 11 is 0. The highest BCUT2D eigenvalue weighted by atomic mass is 32.2. The topological polar surface area (TPSA) is 49.4 Å². The lowest BCUT2D eigenvalue weighted by molar-refractivity contribution is 0.228. The van der Waals surface area contributed by atoms with E-state index in [0.717, 1.165) is 11.8 Å². The molecule has 17 heavy (non-hydrogen) atoms. The van der Waals surface area contributed by atoms with Crippen LogP contribution in [0, 0.1) is 11.8 Å². The van der Waals surface area contributed by atoms with Crippen LogP contribution in [0.5, 0.6) is 0 Å². The van der Waals surface area contributed by atoms with Crippen molar-refractivity contribution in [1.29, 1.82) is 0 Å². The molecule has 0 aromatic rings. The lowest BCUT2D eigenvalue weighted by Gasteiger charge is -2.32. The Bertz CT molecular complexity index is 327. The standard InChI is InChI=1S/C12H26N2O2S/c1-10-5-6-12(9-11(10)2)13-7-8-17(15,16)14(3)4/h10-13H,5-9H2,1-4H3.